The zero-order valence-electron chi connectivity index (χ0n) is 14.6. The second kappa shape index (κ2) is 7.88. The van der Waals surface area contributed by atoms with Gasteiger partial charge in [-0.15, -0.1) is 0 Å². The maximum absolute atomic E-state index is 12.3. The van der Waals surface area contributed by atoms with Crippen LogP contribution in [-0.4, -0.2) is 25.6 Å². The van der Waals surface area contributed by atoms with Gasteiger partial charge in [-0.2, -0.15) is 0 Å². The number of hydrogen-bond donors (Lipinski definition) is 1. The molecule has 0 saturated carbocycles. The van der Waals surface area contributed by atoms with Crippen LogP contribution in [0.15, 0.2) is 61.2 Å². The smallest absolute Gasteiger partial charge is 0.255 e. The van der Waals surface area contributed by atoms with Crippen LogP contribution in [0.5, 0.6) is 5.75 Å². The van der Waals surface area contributed by atoms with Crippen molar-refractivity contribution in [2.75, 3.05) is 29.9 Å². The summed E-state index contributed by atoms with van der Waals surface area (Å²) >= 11 is 0. The molecule has 2 aromatic rings. The molecule has 1 aliphatic heterocycles. The first-order chi connectivity index (χ1) is 12.2. The Morgan fingerprint density at radius 2 is 1.96 bits per heavy atom. The van der Waals surface area contributed by atoms with Crippen molar-refractivity contribution in [3.05, 3.63) is 66.7 Å². The third-order valence-corrected chi connectivity index (χ3v) is 4.40. The Bertz CT molecular complexity index is 723. The lowest BCUT2D eigenvalue weighted by molar-refractivity contribution is 0.102. The van der Waals surface area contributed by atoms with Crippen LogP contribution in [0.3, 0.4) is 0 Å². The topological polar surface area (TPSA) is 41.6 Å². The van der Waals surface area contributed by atoms with Gasteiger partial charge in [0.1, 0.15) is 12.4 Å². The molecule has 1 fully saturated rings. The van der Waals surface area contributed by atoms with Crippen LogP contribution >= 0.6 is 0 Å². The molecule has 1 saturated heterocycles. The van der Waals surface area contributed by atoms with E-state index in [1.54, 1.807) is 30.3 Å². The number of anilines is 2. The van der Waals surface area contributed by atoms with E-state index in [2.05, 4.69) is 35.9 Å². The molecule has 1 aliphatic rings. The fourth-order valence-corrected chi connectivity index (χ4v) is 2.99. The summed E-state index contributed by atoms with van der Waals surface area (Å²) in [6, 6.07) is 15.1. The number of rotatable bonds is 6. The number of nitrogens with one attached hydrogen (secondary N) is 1. The molecule has 0 bridgehead atoms. The fourth-order valence-electron chi connectivity index (χ4n) is 2.99. The summed E-state index contributed by atoms with van der Waals surface area (Å²) in [4.78, 5) is 14.7. The van der Waals surface area contributed by atoms with Crippen molar-refractivity contribution in [3.63, 3.8) is 0 Å². The van der Waals surface area contributed by atoms with E-state index in [1.165, 1.54) is 12.1 Å². The van der Waals surface area contributed by atoms with E-state index in [-0.39, 0.29) is 5.91 Å². The minimum absolute atomic E-state index is 0.127. The van der Waals surface area contributed by atoms with Crippen LogP contribution in [0.25, 0.3) is 0 Å². The van der Waals surface area contributed by atoms with Crippen LogP contribution < -0.4 is 15.0 Å². The summed E-state index contributed by atoms with van der Waals surface area (Å²) < 4.78 is 5.42. The highest BCUT2D eigenvalue weighted by Gasteiger charge is 2.18. The predicted octanol–water partition coefficient (Wildman–Crippen LogP) is 4.35. The van der Waals surface area contributed by atoms with Gasteiger partial charge in [0.15, 0.2) is 0 Å². The third kappa shape index (κ3) is 4.41. The Morgan fingerprint density at radius 3 is 2.56 bits per heavy atom. The van der Waals surface area contributed by atoms with Gasteiger partial charge >= 0.3 is 0 Å². The average Bonchev–Trinajstić information content (AvgIpc) is 3.07. The van der Waals surface area contributed by atoms with Crippen molar-refractivity contribution in [2.24, 2.45) is 5.92 Å². The molecule has 130 valence electrons. The monoisotopic (exact) mass is 336 g/mol. The second-order valence-electron chi connectivity index (χ2n) is 6.46. The first kappa shape index (κ1) is 17.1. The number of nitrogens with zero attached hydrogens (tertiary/aromatic N) is 1. The zero-order valence-corrected chi connectivity index (χ0v) is 14.6. The molecule has 1 unspecified atom stereocenters. The van der Waals surface area contributed by atoms with Crippen molar-refractivity contribution in [1.82, 2.24) is 0 Å². The molecule has 0 aromatic heterocycles. The fraction of sp³-hybridized carbons (Fsp3) is 0.286. The lowest BCUT2D eigenvalue weighted by Gasteiger charge is -2.18. The van der Waals surface area contributed by atoms with E-state index < -0.39 is 0 Å². The minimum atomic E-state index is -0.127. The standard InChI is InChI=1S/C21H24N2O2/c1-3-14-25-20-10-4-17(5-11-20)21(24)22-18-6-8-19(9-7-18)23-13-12-16(2)15-23/h3-11,16H,1,12-15H2,2H3,(H,22,24). The summed E-state index contributed by atoms with van der Waals surface area (Å²) in [5.74, 6) is 1.34. The number of ether oxygens (including phenoxy) is 1. The minimum Gasteiger partial charge on any atom is -0.490 e. The highest BCUT2D eigenvalue weighted by atomic mass is 16.5. The van der Waals surface area contributed by atoms with Crippen LogP contribution in [0.2, 0.25) is 0 Å². The summed E-state index contributed by atoms with van der Waals surface area (Å²) in [5, 5.41) is 2.93. The Labute approximate surface area is 149 Å². The summed E-state index contributed by atoms with van der Waals surface area (Å²) in [6.45, 7) is 8.55. The van der Waals surface area contributed by atoms with Gasteiger partial charge in [-0.1, -0.05) is 19.6 Å². The molecule has 0 radical (unpaired) electrons. The van der Waals surface area contributed by atoms with Gasteiger partial charge in [0.05, 0.1) is 0 Å². The SMILES string of the molecule is C=CCOc1ccc(C(=O)Nc2ccc(N3CCC(C)C3)cc2)cc1. The summed E-state index contributed by atoms with van der Waals surface area (Å²) in [7, 11) is 0. The van der Waals surface area contributed by atoms with Crippen molar-refractivity contribution >= 4 is 17.3 Å². The third-order valence-electron chi connectivity index (χ3n) is 4.40. The van der Waals surface area contributed by atoms with Crippen LogP contribution in [-0.2, 0) is 0 Å². The molecule has 1 N–H and O–H groups in total. The zero-order chi connectivity index (χ0) is 17.6. The highest BCUT2D eigenvalue weighted by molar-refractivity contribution is 6.04. The van der Waals surface area contributed by atoms with E-state index in [0.29, 0.717) is 12.2 Å². The maximum atomic E-state index is 12.3. The van der Waals surface area contributed by atoms with E-state index in [0.717, 1.165) is 30.4 Å². The quantitative estimate of drug-likeness (QED) is 0.797. The lowest BCUT2D eigenvalue weighted by atomic mass is 10.2. The van der Waals surface area contributed by atoms with Gasteiger partial charge < -0.3 is 15.0 Å². The van der Waals surface area contributed by atoms with E-state index in [1.807, 2.05) is 12.1 Å². The highest BCUT2D eigenvalue weighted by Crippen LogP contribution is 2.25. The number of hydrogen-bond acceptors (Lipinski definition) is 3. The number of benzene rings is 2. The van der Waals surface area contributed by atoms with Gasteiger partial charge in [0.25, 0.3) is 5.91 Å². The molecule has 1 heterocycles. The van der Waals surface area contributed by atoms with Gasteiger partial charge in [-0.25, -0.2) is 0 Å². The van der Waals surface area contributed by atoms with E-state index in [4.69, 9.17) is 4.74 Å². The van der Waals surface area contributed by atoms with Crippen LogP contribution in [0, 0.1) is 5.92 Å². The van der Waals surface area contributed by atoms with Gasteiger partial charge in [-0.05, 0) is 60.9 Å². The van der Waals surface area contributed by atoms with Gasteiger partial charge in [0, 0.05) is 30.0 Å². The van der Waals surface area contributed by atoms with Crippen molar-refractivity contribution in [1.29, 1.82) is 0 Å². The van der Waals surface area contributed by atoms with E-state index in [9.17, 15) is 4.79 Å². The van der Waals surface area contributed by atoms with Crippen LogP contribution in [0.1, 0.15) is 23.7 Å². The largest absolute Gasteiger partial charge is 0.490 e. The summed E-state index contributed by atoms with van der Waals surface area (Å²) in [5.41, 5.74) is 2.61. The molecule has 0 aliphatic carbocycles. The molecule has 0 spiro atoms. The predicted molar refractivity (Wildman–Crippen MR) is 103 cm³/mol. The van der Waals surface area contributed by atoms with Gasteiger partial charge in [-0.3, -0.25) is 4.79 Å². The number of carbonyl (C=O) groups excluding carboxylic acids is 1. The molecule has 3 rings (SSSR count). The second-order valence-corrected chi connectivity index (χ2v) is 6.46. The average molecular weight is 336 g/mol. The number of carbonyl (C=O) groups is 1. The first-order valence-electron chi connectivity index (χ1n) is 8.66. The summed E-state index contributed by atoms with van der Waals surface area (Å²) in [6.07, 6.45) is 2.93. The molecule has 1 amide bonds. The molecular weight excluding hydrogens is 312 g/mol. The molecule has 4 nitrogen and oxygen atoms in total. The molecule has 4 heteroatoms. The Hall–Kier alpha value is -2.75. The Kier molecular flexibility index (Phi) is 5.39. The Balaban J connectivity index is 1.59. The molecule has 1 atom stereocenters. The molecule has 25 heavy (non-hydrogen) atoms. The normalized spacial score (nSPS) is 16.5. The first-order valence-corrected chi connectivity index (χ1v) is 8.66. The van der Waals surface area contributed by atoms with Crippen molar-refractivity contribution in [2.45, 2.75) is 13.3 Å². The molecular formula is C21H24N2O2. The maximum Gasteiger partial charge on any atom is 0.255 e. The van der Waals surface area contributed by atoms with Crippen molar-refractivity contribution < 1.29 is 9.53 Å². The van der Waals surface area contributed by atoms with Crippen LogP contribution in [0.4, 0.5) is 11.4 Å². The lowest BCUT2D eigenvalue weighted by Crippen LogP contribution is -2.19. The number of amides is 1. The van der Waals surface area contributed by atoms with E-state index >= 15 is 0 Å². The Morgan fingerprint density at radius 1 is 1.24 bits per heavy atom. The van der Waals surface area contributed by atoms with Crippen molar-refractivity contribution in [3.8, 4) is 5.75 Å². The molecule has 2 aromatic carbocycles. The van der Waals surface area contributed by atoms with Gasteiger partial charge in [0.2, 0.25) is 0 Å².